The van der Waals surface area contributed by atoms with Crippen LogP contribution in [0.4, 0.5) is 5.69 Å². The van der Waals surface area contributed by atoms with Crippen LogP contribution in [0, 0.1) is 6.92 Å². The van der Waals surface area contributed by atoms with E-state index in [1.165, 1.54) is 16.6 Å². The summed E-state index contributed by atoms with van der Waals surface area (Å²) in [4.78, 5) is 17.7. The molecule has 1 fully saturated rings. The summed E-state index contributed by atoms with van der Waals surface area (Å²) in [5.74, 6) is 0.00494. The second-order valence-corrected chi connectivity index (χ2v) is 9.89. The first kappa shape index (κ1) is 26.3. The van der Waals surface area contributed by atoms with Crippen LogP contribution in [-0.4, -0.2) is 54.6 Å². The Bertz CT molecular complexity index is 1360. The van der Waals surface area contributed by atoms with E-state index in [9.17, 15) is 4.79 Å². The highest BCUT2D eigenvalue weighted by atomic mass is 35.5. The van der Waals surface area contributed by atoms with E-state index in [1.54, 1.807) is 0 Å². The van der Waals surface area contributed by atoms with Gasteiger partial charge in [-0.25, -0.2) is 0 Å². The molecule has 0 unspecified atom stereocenters. The number of hydrogen-bond acceptors (Lipinski definition) is 3. The molecule has 2 heterocycles. The van der Waals surface area contributed by atoms with Crippen LogP contribution >= 0.6 is 24.0 Å². The van der Waals surface area contributed by atoms with E-state index in [0.29, 0.717) is 6.54 Å². The number of carbonyl (C=O) groups is 1. The Morgan fingerprint density at radius 3 is 2.47 bits per heavy atom. The Morgan fingerprint density at radius 1 is 0.917 bits per heavy atom. The lowest BCUT2D eigenvalue weighted by Gasteiger charge is -2.37. The third-order valence-electron chi connectivity index (χ3n) is 7.31. The first-order chi connectivity index (χ1) is 17.0. The minimum atomic E-state index is 0. The average molecular weight is 526 g/mol. The van der Waals surface area contributed by atoms with Crippen molar-refractivity contribution in [2.45, 2.75) is 19.8 Å². The number of unbranched alkanes of at least 4 members (excludes halogenated alkanes) is 1. The van der Waals surface area contributed by atoms with Crippen molar-refractivity contribution in [2.75, 3.05) is 44.2 Å². The van der Waals surface area contributed by atoms with Gasteiger partial charge in [-0.2, -0.15) is 0 Å². The predicted molar refractivity (Wildman–Crippen MR) is 154 cm³/mol. The molecule has 3 aromatic carbocycles. The molecule has 0 spiro atoms. The van der Waals surface area contributed by atoms with Crippen LogP contribution in [0.25, 0.3) is 21.8 Å². The standard InChI is InChI=1S/C29H33ClN4O.ClH/c1-21-25(30)9-7-11-26(21)34-18-16-33(17-19-34)15-6-5-14-31-29(35)22-12-13-28-24(20-22)23-8-3-4-10-27(23)32(28)2;/h3-4,7-13,20H,5-6,14-19H2,1-2H3,(H,31,35);1H. The van der Waals surface area contributed by atoms with Crippen molar-refractivity contribution >= 4 is 57.4 Å². The summed E-state index contributed by atoms with van der Waals surface area (Å²) in [6.45, 7) is 8.03. The Morgan fingerprint density at radius 2 is 1.67 bits per heavy atom. The van der Waals surface area contributed by atoms with E-state index < -0.39 is 0 Å². The summed E-state index contributed by atoms with van der Waals surface area (Å²) >= 11 is 6.30. The van der Waals surface area contributed by atoms with Crippen LogP contribution in [0.1, 0.15) is 28.8 Å². The summed E-state index contributed by atoms with van der Waals surface area (Å²) in [6.07, 6.45) is 2.06. The molecular weight excluding hydrogens is 491 g/mol. The fourth-order valence-corrected chi connectivity index (χ4v) is 5.39. The van der Waals surface area contributed by atoms with Crippen LogP contribution < -0.4 is 10.2 Å². The van der Waals surface area contributed by atoms with Gasteiger partial charge >= 0.3 is 0 Å². The van der Waals surface area contributed by atoms with Crippen molar-refractivity contribution in [1.82, 2.24) is 14.8 Å². The molecule has 7 heteroatoms. The Balaban J connectivity index is 0.00000304. The van der Waals surface area contributed by atoms with E-state index in [2.05, 4.69) is 64.0 Å². The summed E-state index contributed by atoms with van der Waals surface area (Å²) in [7, 11) is 2.07. The number of nitrogens with one attached hydrogen (secondary N) is 1. The van der Waals surface area contributed by atoms with Gasteiger partial charge in [0, 0.05) is 77.9 Å². The molecule has 1 aromatic heterocycles. The lowest BCUT2D eigenvalue weighted by molar-refractivity contribution is 0.0952. The first-order valence-corrected chi connectivity index (χ1v) is 12.9. The average Bonchev–Trinajstić information content (AvgIpc) is 3.17. The van der Waals surface area contributed by atoms with Gasteiger partial charge in [0.05, 0.1) is 0 Å². The molecule has 1 aliphatic rings. The number of aryl methyl sites for hydroxylation is 1. The molecule has 4 aromatic rings. The zero-order chi connectivity index (χ0) is 24.4. The number of fused-ring (bicyclic) bond motifs is 3. The zero-order valence-corrected chi connectivity index (χ0v) is 22.5. The number of nitrogens with zero attached hydrogens (tertiary/aromatic N) is 3. The highest BCUT2D eigenvalue weighted by molar-refractivity contribution is 6.31. The molecule has 1 saturated heterocycles. The van der Waals surface area contributed by atoms with Gasteiger partial charge in [-0.15, -0.1) is 12.4 Å². The third-order valence-corrected chi connectivity index (χ3v) is 7.72. The van der Waals surface area contributed by atoms with E-state index in [4.69, 9.17) is 11.6 Å². The van der Waals surface area contributed by atoms with Crippen LogP contribution in [-0.2, 0) is 7.05 Å². The topological polar surface area (TPSA) is 40.5 Å². The van der Waals surface area contributed by atoms with Crippen molar-refractivity contribution in [2.24, 2.45) is 7.05 Å². The minimum absolute atomic E-state index is 0. The molecule has 0 atom stereocenters. The molecule has 1 aliphatic heterocycles. The smallest absolute Gasteiger partial charge is 0.251 e. The van der Waals surface area contributed by atoms with Gasteiger partial charge < -0.3 is 14.8 Å². The van der Waals surface area contributed by atoms with Gasteiger partial charge in [0.1, 0.15) is 0 Å². The monoisotopic (exact) mass is 524 g/mol. The second kappa shape index (κ2) is 11.5. The molecule has 1 N–H and O–H groups in total. The van der Waals surface area contributed by atoms with Crippen LogP contribution in [0.3, 0.4) is 0 Å². The highest BCUT2D eigenvalue weighted by Crippen LogP contribution is 2.29. The van der Waals surface area contributed by atoms with Crippen molar-refractivity contribution in [3.63, 3.8) is 0 Å². The van der Waals surface area contributed by atoms with Crippen LogP contribution in [0.5, 0.6) is 0 Å². The molecule has 0 aliphatic carbocycles. The fourth-order valence-electron chi connectivity index (χ4n) is 5.22. The molecule has 5 rings (SSSR count). The Hall–Kier alpha value is -2.73. The number of benzene rings is 3. The molecule has 0 saturated carbocycles. The summed E-state index contributed by atoms with van der Waals surface area (Å²) < 4.78 is 2.18. The van der Waals surface area contributed by atoms with Gasteiger partial charge in [0.25, 0.3) is 5.91 Å². The van der Waals surface area contributed by atoms with E-state index in [-0.39, 0.29) is 18.3 Å². The van der Waals surface area contributed by atoms with Gasteiger partial charge in [0.2, 0.25) is 0 Å². The van der Waals surface area contributed by atoms with Crippen LogP contribution in [0.15, 0.2) is 60.7 Å². The lowest BCUT2D eigenvalue weighted by Crippen LogP contribution is -2.46. The van der Waals surface area contributed by atoms with Crippen molar-refractivity contribution < 1.29 is 4.79 Å². The van der Waals surface area contributed by atoms with E-state index in [1.807, 2.05) is 30.3 Å². The maximum Gasteiger partial charge on any atom is 0.251 e. The van der Waals surface area contributed by atoms with E-state index >= 15 is 0 Å². The van der Waals surface area contributed by atoms with Gasteiger partial charge in [-0.05, 0) is 68.3 Å². The SMILES string of the molecule is Cc1c(Cl)cccc1N1CCN(CCCCNC(=O)c2ccc3c(c2)c2ccccc2n3C)CC1.Cl. The van der Waals surface area contributed by atoms with Gasteiger partial charge in [-0.1, -0.05) is 35.9 Å². The zero-order valence-electron chi connectivity index (χ0n) is 21.0. The highest BCUT2D eigenvalue weighted by Gasteiger charge is 2.19. The Labute approximate surface area is 224 Å². The number of rotatable bonds is 7. The number of piperazine rings is 1. The molecule has 190 valence electrons. The van der Waals surface area contributed by atoms with Crippen molar-refractivity contribution in [1.29, 1.82) is 0 Å². The largest absolute Gasteiger partial charge is 0.369 e. The van der Waals surface area contributed by atoms with Gasteiger partial charge in [0.15, 0.2) is 0 Å². The van der Waals surface area contributed by atoms with E-state index in [0.717, 1.165) is 72.6 Å². The first-order valence-electron chi connectivity index (χ1n) is 12.5. The number of anilines is 1. The number of halogens is 2. The third kappa shape index (κ3) is 5.34. The molecule has 5 nitrogen and oxygen atoms in total. The summed E-state index contributed by atoms with van der Waals surface area (Å²) in [6, 6.07) is 20.5. The second-order valence-electron chi connectivity index (χ2n) is 9.48. The number of carbonyl (C=O) groups excluding carboxylic acids is 1. The normalized spacial score (nSPS) is 14.2. The van der Waals surface area contributed by atoms with Gasteiger partial charge in [-0.3, -0.25) is 9.69 Å². The fraction of sp³-hybridized carbons (Fsp3) is 0.345. The van der Waals surface area contributed by atoms with Crippen LogP contribution in [0.2, 0.25) is 5.02 Å². The Kier molecular flexibility index (Phi) is 8.45. The summed E-state index contributed by atoms with van der Waals surface area (Å²) in [5, 5.41) is 6.26. The number of hydrogen-bond donors (Lipinski definition) is 1. The van der Waals surface area contributed by atoms with Crippen molar-refractivity contribution in [3.8, 4) is 0 Å². The quantitative estimate of drug-likeness (QED) is 0.299. The molecule has 0 radical (unpaired) electrons. The lowest BCUT2D eigenvalue weighted by atomic mass is 10.1. The number of amides is 1. The maximum absolute atomic E-state index is 12.8. The summed E-state index contributed by atoms with van der Waals surface area (Å²) in [5.41, 5.74) is 5.47. The number of para-hydroxylation sites is 1. The van der Waals surface area contributed by atoms with Crippen molar-refractivity contribution in [3.05, 3.63) is 76.8 Å². The molecular formula is C29H34Cl2N4O. The molecule has 1 amide bonds. The molecule has 36 heavy (non-hydrogen) atoms. The predicted octanol–water partition coefficient (Wildman–Crippen LogP) is 6.05. The molecule has 0 bridgehead atoms. The number of aromatic nitrogens is 1. The maximum atomic E-state index is 12.8. The minimum Gasteiger partial charge on any atom is -0.369 e.